The fourth-order valence-corrected chi connectivity index (χ4v) is 3.30. The van der Waals surface area contributed by atoms with Crippen molar-refractivity contribution in [2.75, 3.05) is 12.3 Å². The number of allylic oxidation sites excluding steroid dienone is 1. The van der Waals surface area contributed by atoms with Crippen molar-refractivity contribution in [3.8, 4) is 0 Å². The largest absolute Gasteiger partial charge is 0.337 e. The lowest BCUT2D eigenvalue weighted by atomic mass is 9.97. The summed E-state index contributed by atoms with van der Waals surface area (Å²) in [4.78, 5) is 23.4. The number of urea groups is 1. The van der Waals surface area contributed by atoms with E-state index in [9.17, 15) is 9.59 Å². The molecule has 4 nitrogen and oxygen atoms in total. The summed E-state index contributed by atoms with van der Waals surface area (Å²) in [6.07, 6.45) is 7.96. The molecule has 0 aliphatic heterocycles. The summed E-state index contributed by atoms with van der Waals surface area (Å²) in [5.74, 6) is 0.803. The quantitative estimate of drug-likeness (QED) is 0.750. The second kappa shape index (κ2) is 10.1. The minimum absolute atomic E-state index is 0.250. The number of amides is 3. The molecule has 0 spiro atoms. The predicted molar refractivity (Wildman–Crippen MR) is 95.3 cm³/mol. The van der Waals surface area contributed by atoms with Gasteiger partial charge in [0.2, 0.25) is 5.91 Å². The molecule has 2 N–H and O–H groups in total. The molecule has 0 aromatic heterocycles. The maximum atomic E-state index is 11.7. The summed E-state index contributed by atoms with van der Waals surface area (Å²) in [6.45, 7) is 0.585. The third kappa shape index (κ3) is 7.37. The third-order valence-electron chi connectivity index (χ3n) is 3.71. The van der Waals surface area contributed by atoms with Crippen LogP contribution < -0.4 is 10.6 Å². The minimum atomic E-state index is -0.397. The van der Waals surface area contributed by atoms with E-state index in [1.165, 1.54) is 35.7 Å². The molecule has 0 saturated heterocycles. The molecular weight excluding hydrogens is 308 g/mol. The molecule has 1 aliphatic carbocycles. The lowest BCUT2D eigenvalue weighted by Crippen LogP contribution is -2.40. The second-order valence-corrected chi connectivity index (χ2v) is 6.63. The number of benzene rings is 1. The van der Waals surface area contributed by atoms with Gasteiger partial charge >= 0.3 is 6.03 Å². The van der Waals surface area contributed by atoms with E-state index in [4.69, 9.17) is 0 Å². The highest BCUT2D eigenvalue weighted by Gasteiger charge is 2.08. The Morgan fingerprint density at radius 2 is 1.96 bits per heavy atom. The number of carbonyl (C=O) groups is 2. The molecule has 124 valence electrons. The normalized spacial score (nSPS) is 14.0. The van der Waals surface area contributed by atoms with Crippen LogP contribution in [0.3, 0.4) is 0 Å². The van der Waals surface area contributed by atoms with Crippen molar-refractivity contribution < 1.29 is 9.59 Å². The van der Waals surface area contributed by atoms with Crippen LogP contribution >= 0.6 is 11.8 Å². The van der Waals surface area contributed by atoms with Crippen molar-refractivity contribution in [2.45, 2.75) is 37.9 Å². The molecule has 0 saturated carbocycles. The Bertz CT molecular complexity index is 543. The Kier molecular flexibility index (Phi) is 7.73. The average molecular weight is 332 g/mol. The maximum absolute atomic E-state index is 11.7. The lowest BCUT2D eigenvalue weighted by Gasteiger charge is -2.13. The SMILES string of the molecule is O=C(CSCc1ccccc1)NC(=O)NCCC1=CCCCC1. The summed E-state index contributed by atoms with van der Waals surface area (Å²) < 4.78 is 0. The Morgan fingerprint density at radius 3 is 2.70 bits per heavy atom. The summed E-state index contributed by atoms with van der Waals surface area (Å²) in [5, 5.41) is 5.12. The van der Waals surface area contributed by atoms with Crippen molar-refractivity contribution in [1.29, 1.82) is 0 Å². The Hall–Kier alpha value is -1.75. The van der Waals surface area contributed by atoms with Crippen LogP contribution in [-0.2, 0) is 10.5 Å². The van der Waals surface area contributed by atoms with Gasteiger partial charge in [-0.1, -0.05) is 42.0 Å². The molecule has 1 aliphatic rings. The van der Waals surface area contributed by atoms with E-state index in [1.807, 2.05) is 30.3 Å². The van der Waals surface area contributed by atoms with Crippen LogP contribution in [0.2, 0.25) is 0 Å². The van der Waals surface area contributed by atoms with E-state index in [-0.39, 0.29) is 11.7 Å². The van der Waals surface area contributed by atoms with Gasteiger partial charge in [-0.25, -0.2) is 4.79 Å². The summed E-state index contributed by atoms with van der Waals surface area (Å²) in [6, 6.07) is 9.58. The van der Waals surface area contributed by atoms with Crippen LogP contribution in [0.15, 0.2) is 42.0 Å². The summed E-state index contributed by atoms with van der Waals surface area (Å²) in [5.41, 5.74) is 2.59. The average Bonchev–Trinajstić information content (AvgIpc) is 2.57. The van der Waals surface area contributed by atoms with Crippen molar-refractivity contribution >= 4 is 23.7 Å². The first kappa shape index (κ1) is 17.6. The monoisotopic (exact) mass is 332 g/mol. The van der Waals surface area contributed by atoms with Crippen molar-refractivity contribution in [3.05, 3.63) is 47.5 Å². The first-order chi connectivity index (χ1) is 11.2. The molecule has 0 fully saturated rings. The van der Waals surface area contributed by atoms with Crippen LogP contribution in [0.4, 0.5) is 4.79 Å². The topological polar surface area (TPSA) is 58.2 Å². The predicted octanol–water partition coefficient (Wildman–Crippen LogP) is 3.64. The molecule has 1 aromatic rings. The Balaban J connectivity index is 1.55. The van der Waals surface area contributed by atoms with Crippen LogP contribution in [-0.4, -0.2) is 24.2 Å². The first-order valence-corrected chi connectivity index (χ1v) is 9.27. The molecule has 0 bridgehead atoms. The fourth-order valence-electron chi connectivity index (χ4n) is 2.51. The highest BCUT2D eigenvalue weighted by atomic mass is 32.2. The van der Waals surface area contributed by atoms with Crippen LogP contribution in [0.1, 0.15) is 37.7 Å². The number of rotatable bonds is 7. The number of hydrogen-bond donors (Lipinski definition) is 2. The van der Waals surface area contributed by atoms with E-state index in [1.54, 1.807) is 0 Å². The Morgan fingerprint density at radius 1 is 1.13 bits per heavy atom. The van der Waals surface area contributed by atoms with Crippen molar-refractivity contribution in [2.24, 2.45) is 0 Å². The van der Waals surface area contributed by atoms with Gasteiger partial charge < -0.3 is 5.32 Å². The van der Waals surface area contributed by atoms with Gasteiger partial charge in [0.05, 0.1) is 5.75 Å². The molecule has 5 heteroatoms. The lowest BCUT2D eigenvalue weighted by molar-refractivity contribution is -0.117. The smallest absolute Gasteiger partial charge is 0.321 e. The van der Waals surface area contributed by atoms with E-state index in [0.29, 0.717) is 6.54 Å². The van der Waals surface area contributed by atoms with Gasteiger partial charge in [0, 0.05) is 12.3 Å². The molecule has 23 heavy (non-hydrogen) atoms. The Labute approximate surface area is 142 Å². The van der Waals surface area contributed by atoms with Gasteiger partial charge in [-0.2, -0.15) is 0 Å². The van der Waals surface area contributed by atoms with Crippen LogP contribution in [0.5, 0.6) is 0 Å². The molecule has 2 rings (SSSR count). The number of imide groups is 1. The highest BCUT2D eigenvalue weighted by Crippen LogP contribution is 2.19. The first-order valence-electron chi connectivity index (χ1n) is 8.11. The van der Waals surface area contributed by atoms with Crippen molar-refractivity contribution in [1.82, 2.24) is 10.6 Å². The number of hydrogen-bond acceptors (Lipinski definition) is 3. The summed E-state index contributed by atoms with van der Waals surface area (Å²) in [7, 11) is 0. The van der Waals surface area contributed by atoms with Gasteiger partial charge in [-0.3, -0.25) is 10.1 Å². The second-order valence-electron chi connectivity index (χ2n) is 5.64. The molecule has 3 amide bonds. The van der Waals surface area contributed by atoms with Gasteiger partial charge in [0.1, 0.15) is 0 Å². The van der Waals surface area contributed by atoms with Gasteiger partial charge in [0.15, 0.2) is 0 Å². The zero-order chi connectivity index (χ0) is 16.3. The van der Waals surface area contributed by atoms with Crippen LogP contribution in [0, 0.1) is 0 Å². The maximum Gasteiger partial charge on any atom is 0.321 e. The molecule has 1 aromatic carbocycles. The number of thioether (sulfide) groups is 1. The van der Waals surface area contributed by atoms with E-state index >= 15 is 0 Å². The fraction of sp³-hybridized carbons (Fsp3) is 0.444. The van der Waals surface area contributed by atoms with E-state index in [0.717, 1.165) is 25.0 Å². The van der Waals surface area contributed by atoms with Crippen molar-refractivity contribution in [3.63, 3.8) is 0 Å². The standard InChI is InChI=1S/C18H24N2O2S/c21-17(14-23-13-16-9-5-2-6-10-16)20-18(22)19-12-11-15-7-3-1-4-8-15/h2,5-7,9-10H,1,3-4,8,11-14H2,(H2,19,20,21,22). The molecule has 0 heterocycles. The number of nitrogens with one attached hydrogen (secondary N) is 2. The third-order valence-corrected chi connectivity index (χ3v) is 4.72. The summed E-state index contributed by atoms with van der Waals surface area (Å²) >= 11 is 1.50. The molecule has 0 radical (unpaired) electrons. The van der Waals surface area contributed by atoms with Gasteiger partial charge in [-0.05, 0) is 37.7 Å². The molecule has 0 unspecified atom stereocenters. The highest BCUT2D eigenvalue weighted by molar-refractivity contribution is 7.99. The number of carbonyl (C=O) groups excluding carboxylic acids is 2. The van der Waals surface area contributed by atoms with Crippen LogP contribution in [0.25, 0.3) is 0 Å². The zero-order valence-corrected chi connectivity index (χ0v) is 14.2. The van der Waals surface area contributed by atoms with E-state index < -0.39 is 6.03 Å². The molecular formula is C18H24N2O2S. The van der Waals surface area contributed by atoms with Gasteiger partial charge in [0.25, 0.3) is 0 Å². The van der Waals surface area contributed by atoms with E-state index in [2.05, 4.69) is 16.7 Å². The van der Waals surface area contributed by atoms with Gasteiger partial charge in [-0.15, -0.1) is 11.8 Å². The minimum Gasteiger partial charge on any atom is -0.337 e. The molecule has 0 atom stereocenters. The zero-order valence-electron chi connectivity index (χ0n) is 13.3.